The van der Waals surface area contributed by atoms with Gasteiger partial charge in [0.1, 0.15) is 6.29 Å². The summed E-state index contributed by atoms with van der Waals surface area (Å²) in [6.45, 7) is 7.37. The maximum atomic E-state index is 10.4. The molecule has 0 N–H and O–H groups in total. The number of hydrogen-bond acceptors (Lipinski definition) is 3. The number of hydrogen-bond donors (Lipinski definition) is 0. The monoisotopic (exact) mass is 252 g/mol. The smallest absolute Gasteiger partial charge is 0.166 e. The summed E-state index contributed by atoms with van der Waals surface area (Å²) < 4.78 is 11.1. The summed E-state index contributed by atoms with van der Waals surface area (Å²) in [6.07, 6.45) is 8.91. The number of aldehydes is 1. The van der Waals surface area contributed by atoms with Crippen molar-refractivity contribution in [2.75, 3.05) is 13.2 Å². The molecule has 0 saturated carbocycles. The molecule has 0 spiro atoms. The fourth-order valence-corrected chi connectivity index (χ4v) is 1.96. The van der Waals surface area contributed by atoms with Gasteiger partial charge in [-0.05, 0) is 45.6 Å². The van der Waals surface area contributed by atoms with Crippen LogP contribution in [0.2, 0.25) is 0 Å². The average molecular weight is 252 g/mol. The Morgan fingerprint density at radius 2 is 1.83 bits per heavy atom. The molecule has 1 aliphatic heterocycles. The van der Waals surface area contributed by atoms with Crippen molar-refractivity contribution >= 4 is 6.29 Å². The van der Waals surface area contributed by atoms with Crippen molar-refractivity contribution in [1.29, 1.82) is 0 Å². The molecule has 0 atom stereocenters. The van der Waals surface area contributed by atoms with Crippen LogP contribution in [0.5, 0.6) is 0 Å². The third kappa shape index (κ3) is 5.61. The Bertz CT molecular complexity index is 323. The first kappa shape index (κ1) is 15.1. The molecule has 0 amide bonds. The number of carbonyl (C=O) groups excluding carboxylic acids is 1. The number of rotatable bonds is 7. The van der Waals surface area contributed by atoms with E-state index in [1.807, 2.05) is 19.9 Å². The van der Waals surface area contributed by atoms with Crippen LogP contribution in [0.3, 0.4) is 0 Å². The van der Waals surface area contributed by atoms with Crippen molar-refractivity contribution in [2.24, 2.45) is 0 Å². The van der Waals surface area contributed by atoms with Crippen molar-refractivity contribution in [1.82, 2.24) is 0 Å². The third-order valence-corrected chi connectivity index (χ3v) is 3.18. The first-order valence-corrected chi connectivity index (χ1v) is 6.61. The predicted molar refractivity (Wildman–Crippen MR) is 72.4 cm³/mol. The Labute approximate surface area is 110 Å². The summed E-state index contributed by atoms with van der Waals surface area (Å²) in [4.78, 5) is 10.4. The second kappa shape index (κ2) is 7.49. The van der Waals surface area contributed by atoms with Gasteiger partial charge in [-0.25, -0.2) is 0 Å². The summed E-state index contributed by atoms with van der Waals surface area (Å²) in [5.74, 6) is -0.384. The minimum absolute atomic E-state index is 0.384. The van der Waals surface area contributed by atoms with E-state index in [1.165, 1.54) is 5.57 Å². The highest BCUT2D eigenvalue weighted by Gasteiger charge is 2.29. The highest BCUT2D eigenvalue weighted by molar-refractivity contribution is 5.71. The number of allylic oxidation sites excluding steroid dienone is 4. The van der Waals surface area contributed by atoms with Crippen LogP contribution in [-0.2, 0) is 14.3 Å². The Balaban J connectivity index is 2.23. The van der Waals surface area contributed by atoms with E-state index < -0.39 is 0 Å². The molecule has 0 unspecified atom stereocenters. The summed E-state index contributed by atoms with van der Waals surface area (Å²) in [5.41, 5.74) is 2.16. The fourth-order valence-electron chi connectivity index (χ4n) is 1.96. The van der Waals surface area contributed by atoms with E-state index in [-0.39, 0.29) is 5.79 Å². The van der Waals surface area contributed by atoms with Crippen LogP contribution in [0.25, 0.3) is 0 Å². The van der Waals surface area contributed by atoms with E-state index in [1.54, 1.807) is 0 Å². The molecule has 0 radical (unpaired) electrons. The highest BCUT2D eigenvalue weighted by atomic mass is 16.7. The molecule has 18 heavy (non-hydrogen) atoms. The van der Waals surface area contributed by atoms with E-state index in [0.29, 0.717) is 13.2 Å². The van der Waals surface area contributed by atoms with Gasteiger partial charge < -0.3 is 9.47 Å². The maximum Gasteiger partial charge on any atom is 0.166 e. The van der Waals surface area contributed by atoms with Gasteiger partial charge in [-0.2, -0.15) is 0 Å². The normalized spacial score (nSPS) is 20.2. The SMILES string of the molecule is C/C(C=O)=C\CC/C(C)=C/CCC1(C)OCCO1. The molecule has 0 aliphatic carbocycles. The van der Waals surface area contributed by atoms with E-state index in [2.05, 4.69) is 13.0 Å². The van der Waals surface area contributed by atoms with E-state index in [9.17, 15) is 4.79 Å². The van der Waals surface area contributed by atoms with Crippen LogP contribution in [0.1, 0.15) is 46.5 Å². The summed E-state index contributed by atoms with van der Waals surface area (Å²) in [7, 11) is 0. The second-order valence-electron chi connectivity index (χ2n) is 5.02. The van der Waals surface area contributed by atoms with Crippen molar-refractivity contribution in [3.05, 3.63) is 23.3 Å². The van der Waals surface area contributed by atoms with Gasteiger partial charge in [-0.1, -0.05) is 17.7 Å². The molecular formula is C15H24O3. The Kier molecular flexibility index (Phi) is 6.30. The molecule has 102 valence electrons. The van der Waals surface area contributed by atoms with Gasteiger partial charge in [0.15, 0.2) is 5.79 Å². The molecule has 0 aromatic rings. The molecule has 0 aromatic heterocycles. The molecule has 3 heteroatoms. The second-order valence-corrected chi connectivity index (χ2v) is 5.02. The molecule has 3 nitrogen and oxygen atoms in total. The third-order valence-electron chi connectivity index (χ3n) is 3.18. The van der Waals surface area contributed by atoms with E-state index in [4.69, 9.17) is 9.47 Å². The lowest BCUT2D eigenvalue weighted by Crippen LogP contribution is -2.24. The topological polar surface area (TPSA) is 35.5 Å². The minimum atomic E-state index is -0.384. The molecule has 1 heterocycles. The number of carbonyl (C=O) groups is 1. The van der Waals surface area contributed by atoms with Gasteiger partial charge in [-0.15, -0.1) is 0 Å². The minimum Gasteiger partial charge on any atom is -0.348 e. The van der Waals surface area contributed by atoms with Crippen molar-refractivity contribution < 1.29 is 14.3 Å². The quantitative estimate of drug-likeness (QED) is 0.396. The van der Waals surface area contributed by atoms with Crippen molar-refractivity contribution in [2.45, 2.75) is 52.2 Å². The zero-order valence-corrected chi connectivity index (χ0v) is 11.7. The van der Waals surface area contributed by atoms with Crippen LogP contribution >= 0.6 is 0 Å². The van der Waals surface area contributed by atoms with Crippen molar-refractivity contribution in [3.8, 4) is 0 Å². The van der Waals surface area contributed by atoms with E-state index >= 15 is 0 Å². The standard InChI is InChI=1S/C15H24O3/c1-13(6-4-7-14(2)12-16)8-5-9-15(3)17-10-11-18-15/h7-8,12H,4-6,9-11H2,1-3H3/b13-8+,14-7+. The van der Waals surface area contributed by atoms with Gasteiger partial charge in [0.25, 0.3) is 0 Å². The van der Waals surface area contributed by atoms with E-state index in [0.717, 1.165) is 37.5 Å². The lowest BCUT2D eigenvalue weighted by molar-refractivity contribution is -0.145. The average Bonchev–Trinajstić information content (AvgIpc) is 2.76. The molecule has 1 aliphatic rings. The molecule has 1 rings (SSSR count). The Hall–Kier alpha value is -0.930. The van der Waals surface area contributed by atoms with Gasteiger partial charge in [-0.3, -0.25) is 4.79 Å². The zero-order valence-electron chi connectivity index (χ0n) is 11.7. The van der Waals surface area contributed by atoms with Gasteiger partial charge in [0.2, 0.25) is 0 Å². The molecule has 0 bridgehead atoms. The fraction of sp³-hybridized carbons (Fsp3) is 0.667. The molecule has 1 fully saturated rings. The maximum absolute atomic E-state index is 10.4. The van der Waals surface area contributed by atoms with Crippen LogP contribution in [-0.4, -0.2) is 25.3 Å². The molecule has 1 saturated heterocycles. The largest absolute Gasteiger partial charge is 0.348 e. The highest BCUT2D eigenvalue weighted by Crippen LogP contribution is 2.24. The van der Waals surface area contributed by atoms with Gasteiger partial charge >= 0.3 is 0 Å². The van der Waals surface area contributed by atoms with Crippen LogP contribution in [0, 0.1) is 0 Å². The van der Waals surface area contributed by atoms with Crippen LogP contribution in [0.4, 0.5) is 0 Å². The number of ether oxygens (including phenoxy) is 2. The first-order valence-electron chi connectivity index (χ1n) is 6.61. The van der Waals surface area contributed by atoms with Crippen molar-refractivity contribution in [3.63, 3.8) is 0 Å². The Morgan fingerprint density at radius 1 is 1.17 bits per heavy atom. The molecular weight excluding hydrogens is 228 g/mol. The van der Waals surface area contributed by atoms with Crippen LogP contribution < -0.4 is 0 Å². The summed E-state index contributed by atoms with van der Waals surface area (Å²) >= 11 is 0. The lowest BCUT2D eigenvalue weighted by Gasteiger charge is -2.21. The Morgan fingerprint density at radius 3 is 2.44 bits per heavy atom. The zero-order chi connectivity index (χ0) is 13.4. The summed E-state index contributed by atoms with van der Waals surface area (Å²) in [6, 6.07) is 0. The van der Waals surface area contributed by atoms with Crippen LogP contribution in [0.15, 0.2) is 23.3 Å². The lowest BCUT2D eigenvalue weighted by atomic mass is 10.1. The van der Waals surface area contributed by atoms with Gasteiger partial charge in [0.05, 0.1) is 13.2 Å². The molecule has 0 aromatic carbocycles. The summed E-state index contributed by atoms with van der Waals surface area (Å²) in [5, 5.41) is 0. The van der Waals surface area contributed by atoms with Gasteiger partial charge in [0, 0.05) is 6.42 Å². The first-order chi connectivity index (χ1) is 8.56. The predicted octanol–water partition coefficient (Wildman–Crippen LogP) is 3.40.